The molecule has 43 heavy (non-hydrogen) atoms. The van der Waals surface area contributed by atoms with Crippen molar-refractivity contribution < 1.29 is 24.4 Å². The minimum atomic E-state index is -2.22. The Hall–Kier alpha value is -0.218. The first kappa shape index (κ1) is 39.0. The zero-order valence-corrected chi connectivity index (χ0v) is 31.9. The molecule has 2 rings (SSSR count). The predicted octanol–water partition coefficient (Wildman–Crippen LogP) is 10.1. The van der Waals surface area contributed by atoms with Crippen molar-refractivity contribution in [3.05, 3.63) is 0 Å². The number of hydrogen-bond donors (Lipinski definition) is 0. The van der Waals surface area contributed by atoms with Crippen molar-refractivity contribution >= 4 is 37.1 Å². The Labute approximate surface area is 278 Å². The topological polar surface area (TPSA) is 77.7 Å². The summed E-state index contributed by atoms with van der Waals surface area (Å²) in [5.41, 5.74) is 0. The maximum atomic E-state index is 12.2. The van der Waals surface area contributed by atoms with Crippen LogP contribution < -0.4 is 0 Å². The van der Waals surface area contributed by atoms with Crippen molar-refractivity contribution in [2.24, 2.45) is 0 Å². The molecular weight excluding hydrogens is 736 g/mol. The Morgan fingerprint density at radius 1 is 0.442 bits per heavy atom. The number of epoxide rings is 2. The van der Waals surface area contributed by atoms with Crippen molar-refractivity contribution in [1.82, 2.24) is 0 Å². The molecule has 2 aliphatic heterocycles. The van der Waals surface area contributed by atoms with Crippen molar-refractivity contribution in [3.63, 3.8) is 0 Å². The third-order valence-electron chi connectivity index (χ3n) is 9.10. The summed E-state index contributed by atoms with van der Waals surface area (Å²) in [5.74, 6) is -0.674. The van der Waals surface area contributed by atoms with Crippen LogP contribution in [0.3, 0.4) is 0 Å². The van der Waals surface area contributed by atoms with E-state index in [1.54, 1.807) is 0 Å². The van der Waals surface area contributed by atoms with Crippen LogP contribution in [0, 0.1) is 0 Å². The number of ether oxygens (including phenoxy) is 2. The van der Waals surface area contributed by atoms with Gasteiger partial charge in [-0.3, -0.25) is 0 Å². The molecule has 0 aromatic heterocycles. The summed E-state index contributed by atoms with van der Waals surface area (Å²) in [6.07, 6.45) is 35.6. The fourth-order valence-corrected chi connectivity index (χ4v) is 7.79. The Balaban J connectivity index is 1.30. The predicted molar refractivity (Wildman–Crippen MR) is 176 cm³/mol. The molecule has 2 aliphatic rings. The first-order chi connectivity index (χ1) is 21.2. The summed E-state index contributed by atoms with van der Waals surface area (Å²) in [7, 11) is 0. The smallest absolute Gasteiger partial charge is 0.0654 e. The van der Waals surface area contributed by atoms with Crippen LogP contribution in [0.4, 0.5) is 0 Å². The summed E-state index contributed by atoms with van der Waals surface area (Å²) in [5, 5.41) is 0. The standard InChI is InChI=1S/2C18H34O3.Pb/c2*1-2-3-4-5-6-7-8-9-10-11-12-13-14-15-16-17(21-16)18(19)20;/h2*16-17H,2-15H2,1H3,(H,19,20);/q;;+2/p-2. The van der Waals surface area contributed by atoms with Crippen LogP contribution in [-0.4, -0.2) is 61.5 Å². The first-order valence-electron chi connectivity index (χ1n) is 18.6. The van der Waals surface area contributed by atoms with E-state index in [9.17, 15) is 9.59 Å². The van der Waals surface area contributed by atoms with Crippen LogP contribution >= 0.6 is 0 Å². The van der Waals surface area contributed by atoms with Gasteiger partial charge in [-0.25, -0.2) is 0 Å². The molecule has 6 nitrogen and oxygen atoms in total. The summed E-state index contributed by atoms with van der Waals surface area (Å²) >= 11 is -2.22. The van der Waals surface area contributed by atoms with E-state index in [0.29, 0.717) is 0 Å². The molecule has 2 fully saturated rings. The molecule has 4 unspecified atom stereocenters. The van der Waals surface area contributed by atoms with Crippen molar-refractivity contribution in [1.29, 1.82) is 0 Å². The third-order valence-corrected chi connectivity index (χ3v) is 11.3. The molecule has 0 spiro atoms. The quantitative estimate of drug-likeness (QED) is 0.0383. The van der Waals surface area contributed by atoms with Crippen LogP contribution in [0.1, 0.15) is 194 Å². The molecule has 7 heteroatoms. The van der Waals surface area contributed by atoms with Gasteiger partial charge in [-0.15, -0.1) is 0 Å². The molecule has 0 aromatic rings. The van der Waals surface area contributed by atoms with E-state index < -0.39 is 37.3 Å². The van der Waals surface area contributed by atoms with Gasteiger partial charge in [0.25, 0.3) is 0 Å². The average Bonchev–Trinajstić information content (AvgIpc) is 3.94. The number of hydrogen-bond acceptors (Lipinski definition) is 6. The van der Waals surface area contributed by atoms with Crippen LogP contribution in [-0.2, 0) is 24.4 Å². The van der Waals surface area contributed by atoms with Gasteiger partial charge in [0.05, 0.1) is 0 Å². The van der Waals surface area contributed by atoms with Gasteiger partial charge < -0.3 is 0 Å². The second kappa shape index (κ2) is 26.9. The maximum absolute atomic E-state index is 12.2. The molecule has 0 aliphatic carbocycles. The SMILES string of the molecule is CCCCCCCCCCCCCCCC1OC1C(=O)[O][Pb][O]C(=O)C1OC1CCCCCCCCCCCCCCC. The van der Waals surface area contributed by atoms with Crippen LogP contribution in [0.25, 0.3) is 0 Å². The Morgan fingerprint density at radius 3 is 0.977 bits per heavy atom. The van der Waals surface area contributed by atoms with Gasteiger partial charge in [0, 0.05) is 0 Å². The van der Waals surface area contributed by atoms with E-state index in [0.717, 1.165) is 25.7 Å². The molecule has 2 heterocycles. The van der Waals surface area contributed by atoms with Gasteiger partial charge in [-0.1, -0.05) is 90.9 Å². The molecule has 0 aromatic carbocycles. The number of unbranched alkanes of at least 4 members (excludes halogenated alkanes) is 24. The van der Waals surface area contributed by atoms with Crippen LogP contribution in [0.2, 0.25) is 0 Å². The minimum absolute atomic E-state index is 0.00373. The fraction of sp³-hybridized carbons (Fsp3) is 0.944. The van der Waals surface area contributed by atoms with Gasteiger partial charge in [0.2, 0.25) is 0 Å². The Morgan fingerprint density at radius 2 is 0.698 bits per heavy atom. The zero-order valence-electron chi connectivity index (χ0n) is 28.1. The Bertz CT molecular complexity index is 633. The molecule has 0 bridgehead atoms. The van der Waals surface area contributed by atoms with Gasteiger partial charge in [-0.2, -0.15) is 0 Å². The van der Waals surface area contributed by atoms with E-state index in [1.807, 2.05) is 0 Å². The van der Waals surface area contributed by atoms with Gasteiger partial charge in [-0.05, 0) is 0 Å². The van der Waals surface area contributed by atoms with Gasteiger partial charge in [0.1, 0.15) is 0 Å². The van der Waals surface area contributed by atoms with E-state index in [1.165, 1.54) is 154 Å². The van der Waals surface area contributed by atoms with E-state index >= 15 is 0 Å². The molecule has 0 amide bonds. The summed E-state index contributed by atoms with van der Waals surface area (Å²) < 4.78 is 21.7. The van der Waals surface area contributed by atoms with E-state index in [4.69, 9.17) is 14.8 Å². The molecule has 4 atom stereocenters. The second-order valence-electron chi connectivity index (χ2n) is 13.2. The third kappa shape index (κ3) is 21.3. The molecule has 0 saturated carbocycles. The van der Waals surface area contributed by atoms with Crippen molar-refractivity contribution in [3.8, 4) is 0 Å². The first-order valence-corrected chi connectivity index (χ1v) is 21.8. The van der Waals surface area contributed by atoms with Crippen molar-refractivity contribution in [2.75, 3.05) is 0 Å². The van der Waals surface area contributed by atoms with Crippen molar-refractivity contribution in [2.45, 2.75) is 218 Å². The van der Waals surface area contributed by atoms with Gasteiger partial charge >= 0.3 is 189 Å². The normalized spacial score (nSPS) is 20.7. The fourth-order valence-electron chi connectivity index (χ4n) is 6.09. The minimum Gasteiger partial charge on any atom is -0.0654 e. The molecule has 2 radical (unpaired) electrons. The van der Waals surface area contributed by atoms with E-state index in [2.05, 4.69) is 13.8 Å². The second-order valence-corrected chi connectivity index (χ2v) is 15.4. The molecule has 250 valence electrons. The molecule has 0 N–H and O–H groups in total. The van der Waals surface area contributed by atoms with Crippen LogP contribution in [0.5, 0.6) is 0 Å². The monoisotopic (exact) mass is 802 g/mol. The van der Waals surface area contributed by atoms with Gasteiger partial charge in [0.15, 0.2) is 0 Å². The summed E-state index contributed by atoms with van der Waals surface area (Å²) in [6.45, 7) is 4.54. The zero-order chi connectivity index (χ0) is 30.8. The number of rotatable bonds is 32. The Kier molecular flexibility index (Phi) is 24.4. The summed E-state index contributed by atoms with van der Waals surface area (Å²) in [6, 6.07) is 0. The number of carbonyl (C=O) groups excluding carboxylic acids is 2. The molecular formula is C36H66O6Pb. The van der Waals surface area contributed by atoms with Crippen LogP contribution in [0.15, 0.2) is 0 Å². The molecule has 2 saturated heterocycles. The number of carbonyl (C=O) groups is 2. The average molecular weight is 802 g/mol. The summed E-state index contributed by atoms with van der Waals surface area (Å²) in [4.78, 5) is 24.4. The van der Waals surface area contributed by atoms with E-state index in [-0.39, 0.29) is 24.1 Å².